The van der Waals surface area contributed by atoms with E-state index in [2.05, 4.69) is 5.32 Å². The molecule has 29 heavy (non-hydrogen) atoms. The van der Waals surface area contributed by atoms with Crippen LogP contribution in [0.25, 0.3) is 11.1 Å². The first-order chi connectivity index (χ1) is 13.7. The highest BCUT2D eigenvalue weighted by Gasteiger charge is 2.20. The van der Waals surface area contributed by atoms with Crippen LogP contribution in [0, 0.1) is 24.1 Å². The molecule has 0 aliphatic heterocycles. The first-order valence-electron chi connectivity index (χ1n) is 9.06. The average molecular weight is 417 g/mol. The number of carbonyl (C=O) groups excluding carboxylic acids is 1. The number of ether oxygens (including phenoxy) is 1. The number of carbonyl (C=O) groups is 1. The lowest BCUT2D eigenvalue weighted by molar-refractivity contribution is -0.112. The number of anilines is 1. The summed E-state index contributed by atoms with van der Waals surface area (Å²) in [6.45, 7) is 6.86. The Hall–Kier alpha value is -3.04. The Bertz CT molecular complexity index is 1010. The highest BCUT2D eigenvalue weighted by atomic mass is 35.5. The molecule has 7 heteroatoms. The van der Waals surface area contributed by atoms with E-state index in [0.29, 0.717) is 21.9 Å². The Morgan fingerprint density at radius 2 is 2.07 bits per heavy atom. The lowest BCUT2D eigenvalue weighted by Gasteiger charge is -2.19. The maximum atomic E-state index is 14.8. The third kappa shape index (κ3) is 5.07. The summed E-state index contributed by atoms with van der Waals surface area (Å²) < 4.78 is 20.8. The van der Waals surface area contributed by atoms with Gasteiger partial charge in [0, 0.05) is 16.7 Å². The fourth-order valence-electron chi connectivity index (χ4n) is 2.64. The second-order valence-corrected chi connectivity index (χ2v) is 7.01. The van der Waals surface area contributed by atoms with Crippen molar-refractivity contribution in [2.45, 2.75) is 40.2 Å². The van der Waals surface area contributed by atoms with Crippen molar-refractivity contribution in [1.29, 1.82) is 5.26 Å². The Kier molecular flexibility index (Phi) is 7.24. The Balaban J connectivity index is 2.59. The summed E-state index contributed by atoms with van der Waals surface area (Å²) in [6.07, 6.45) is 0.564. The molecule has 0 radical (unpaired) electrons. The van der Waals surface area contributed by atoms with Crippen LogP contribution >= 0.6 is 11.6 Å². The maximum absolute atomic E-state index is 14.8. The number of nitrogens with zero attached hydrogens (tertiary/aromatic N) is 1. The fourth-order valence-corrected chi connectivity index (χ4v) is 2.81. The summed E-state index contributed by atoms with van der Waals surface area (Å²) in [5, 5.41) is 21.3. The molecule has 0 fully saturated rings. The number of hydrogen-bond donors (Lipinski definition) is 2. The monoisotopic (exact) mass is 416 g/mol. The molecule has 2 aromatic rings. The van der Waals surface area contributed by atoms with Crippen molar-refractivity contribution in [3.63, 3.8) is 0 Å². The molecule has 0 spiro atoms. The molecule has 152 valence electrons. The molecular formula is C22H22ClFN2O3. The molecule has 0 bridgehead atoms. The molecular weight excluding hydrogens is 395 g/mol. The summed E-state index contributed by atoms with van der Waals surface area (Å²) in [5.41, 5.74) is 1.31. The molecule has 2 N–H and O–H groups in total. The minimum absolute atomic E-state index is 0.156. The molecule has 2 rings (SSSR count). The summed E-state index contributed by atoms with van der Waals surface area (Å²) >= 11 is 6.22. The van der Waals surface area contributed by atoms with Crippen molar-refractivity contribution >= 4 is 23.2 Å². The molecule has 0 aliphatic carbocycles. The second-order valence-electron chi connectivity index (χ2n) is 6.60. The predicted molar refractivity (Wildman–Crippen MR) is 112 cm³/mol. The fraction of sp³-hybridized carbons (Fsp3) is 0.273. The molecule has 2 aromatic carbocycles. The molecule has 0 aromatic heterocycles. The van der Waals surface area contributed by atoms with E-state index in [1.54, 1.807) is 18.2 Å². The SMILES string of the molecule is CCC(C)Oc1cc(NC(=O)/C(C#N)=C(/C)O)c(F)cc1-c1cccc(Cl)c1C. The van der Waals surface area contributed by atoms with Crippen LogP contribution in [0.5, 0.6) is 5.75 Å². The van der Waals surface area contributed by atoms with Crippen LogP contribution < -0.4 is 10.1 Å². The highest BCUT2D eigenvalue weighted by molar-refractivity contribution is 6.31. The van der Waals surface area contributed by atoms with Gasteiger partial charge in [-0.05, 0) is 50.5 Å². The number of hydrogen-bond acceptors (Lipinski definition) is 4. The molecule has 1 amide bonds. The minimum atomic E-state index is -0.910. The van der Waals surface area contributed by atoms with Crippen LogP contribution in [-0.4, -0.2) is 17.1 Å². The third-order valence-electron chi connectivity index (χ3n) is 4.48. The van der Waals surface area contributed by atoms with Crippen molar-refractivity contribution < 1.29 is 19.0 Å². The zero-order valence-corrected chi connectivity index (χ0v) is 17.4. The van der Waals surface area contributed by atoms with E-state index in [0.717, 1.165) is 12.0 Å². The van der Waals surface area contributed by atoms with Gasteiger partial charge in [-0.1, -0.05) is 30.7 Å². The van der Waals surface area contributed by atoms with Gasteiger partial charge in [-0.15, -0.1) is 0 Å². The van der Waals surface area contributed by atoms with E-state index < -0.39 is 23.1 Å². The van der Waals surface area contributed by atoms with Crippen molar-refractivity contribution in [3.8, 4) is 22.9 Å². The summed E-state index contributed by atoms with van der Waals surface area (Å²) in [5.74, 6) is -1.71. The second kappa shape index (κ2) is 9.44. The Morgan fingerprint density at radius 3 is 2.66 bits per heavy atom. The molecule has 0 aliphatic rings. The van der Waals surface area contributed by atoms with E-state index in [-0.39, 0.29) is 11.8 Å². The Morgan fingerprint density at radius 1 is 1.38 bits per heavy atom. The molecule has 0 saturated heterocycles. The van der Waals surface area contributed by atoms with Crippen LogP contribution in [0.1, 0.15) is 32.8 Å². The predicted octanol–water partition coefficient (Wildman–Crippen LogP) is 5.93. The first-order valence-corrected chi connectivity index (χ1v) is 9.44. The number of rotatable bonds is 6. The largest absolute Gasteiger partial charge is 0.511 e. The van der Waals surface area contributed by atoms with E-state index in [9.17, 15) is 14.3 Å². The zero-order valence-electron chi connectivity index (χ0n) is 16.6. The number of nitrogens with one attached hydrogen (secondary N) is 1. The van der Waals surface area contributed by atoms with Gasteiger partial charge in [0.25, 0.3) is 5.91 Å². The van der Waals surface area contributed by atoms with Crippen molar-refractivity contribution in [1.82, 2.24) is 0 Å². The molecule has 1 atom stereocenters. The van der Waals surface area contributed by atoms with Gasteiger partial charge in [0.15, 0.2) is 5.57 Å². The van der Waals surface area contributed by atoms with Crippen LogP contribution in [0.15, 0.2) is 41.7 Å². The first kappa shape index (κ1) is 22.3. The van der Waals surface area contributed by atoms with Gasteiger partial charge >= 0.3 is 0 Å². The summed E-state index contributed by atoms with van der Waals surface area (Å²) in [4.78, 5) is 12.2. The van der Waals surface area contributed by atoms with Gasteiger partial charge in [-0.3, -0.25) is 4.79 Å². The third-order valence-corrected chi connectivity index (χ3v) is 4.89. The molecule has 1 unspecified atom stereocenters. The van der Waals surface area contributed by atoms with E-state index in [1.807, 2.05) is 26.8 Å². The average Bonchev–Trinajstić information content (AvgIpc) is 2.66. The van der Waals surface area contributed by atoms with E-state index in [4.69, 9.17) is 21.6 Å². The van der Waals surface area contributed by atoms with Crippen LogP contribution in [0.4, 0.5) is 10.1 Å². The van der Waals surface area contributed by atoms with Crippen molar-refractivity contribution in [2.24, 2.45) is 0 Å². The van der Waals surface area contributed by atoms with Gasteiger partial charge in [0.2, 0.25) is 0 Å². The van der Waals surface area contributed by atoms with Gasteiger partial charge in [0.05, 0.1) is 11.8 Å². The van der Waals surface area contributed by atoms with Crippen LogP contribution in [0.3, 0.4) is 0 Å². The zero-order chi connectivity index (χ0) is 21.7. The quantitative estimate of drug-likeness (QED) is 0.347. The Labute approximate surface area is 174 Å². The normalized spacial score (nSPS) is 12.6. The van der Waals surface area contributed by atoms with E-state index >= 15 is 0 Å². The number of benzene rings is 2. The number of allylic oxidation sites excluding steroid dienone is 1. The standard InChI is InChI=1S/C22H22ClFN2O3/c1-5-12(2)29-21-10-20(26-22(28)17(11-25)14(4)27)19(24)9-16(21)15-7-6-8-18(23)13(15)3/h6-10,12,27H,5H2,1-4H3,(H,26,28)/b17-14-. The summed E-state index contributed by atoms with van der Waals surface area (Å²) in [7, 11) is 0. The molecule has 5 nitrogen and oxygen atoms in total. The van der Waals surface area contributed by atoms with Gasteiger partial charge in [-0.2, -0.15) is 5.26 Å². The minimum Gasteiger partial charge on any atom is -0.511 e. The van der Waals surface area contributed by atoms with Crippen molar-refractivity contribution in [3.05, 3.63) is 58.1 Å². The topological polar surface area (TPSA) is 82.3 Å². The lowest BCUT2D eigenvalue weighted by Crippen LogP contribution is -2.17. The molecule has 0 heterocycles. The number of aliphatic hydroxyl groups is 1. The van der Waals surface area contributed by atoms with E-state index in [1.165, 1.54) is 19.1 Å². The number of amides is 1. The number of nitriles is 1. The maximum Gasteiger partial charge on any atom is 0.269 e. The smallest absolute Gasteiger partial charge is 0.269 e. The van der Waals surface area contributed by atoms with Gasteiger partial charge in [0.1, 0.15) is 23.4 Å². The molecule has 0 saturated carbocycles. The number of halogens is 2. The number of aliphatic hydroxyl groups excluding tert-OH is 1. The lowest BCUT2D eigenvalue weighted by atomic mass is 9.98. The van der Waals surface area contributed by atoms with Gasteiger partial charge < -0.3 is 15.2 Å². The van der Waals surface area contributed by atoms with Crippen LogP contribution in [-0.2, 0) is 4.79 Å². The van der Waals surface area contributed by atoms with Gasteiger partial charge in [-0.25, -0.2) is 4.39 Å². The van der Waals surface area contributed by atoms with Crippen molar-refractivity contribution in [2.75, 3.05) is 5.32 Å². The summed E-state index contributed by atoms with van der Waals surface area (Å²) in [6, 6.07) is 9.54. The highest BCUT2D eigenvalue weighted by Crippen LogP contribution is 2.38. The van der Waals surface area contributed by atoms with Crippen LogP contribution in [0.2, 0.25) is 5.02 Å².